The smallest absolute Gasteiger partial charge is 0.262 e. The molecule has 0 unspecified atom stereocenters. The lowest BCUT2D eigenvalue weighted by atomic mass is 10.0. The number of aryl methyl sites for hydroxylation is 1. The molecule has 2 N–H and O–H groups in total. The molecule has 0 saturated heterocycles. The van der Waals surface area contributed by atoms with Crippen molar-refractivity contribution in [3.8, 4) is 17.2 Å². The highest BCUT2D eigenvalue weighted by Crippen LogP contribution is 2.29. The number of hydrogen-bond donors (Lipinski definition) is 2. The van der Waals surface area contributed by atoms with Crippen molar-refractivity contribution in [3.63, 3.8) is 0 Å². The number of nitrogens with zero attached hydrogens (tertiary/aromatic N) is 1. The number of carbonyl (C=O) groups is 2. The molecule has 0 spiro atoms. The second-order valence-corrected chi connectivity index (χ2v) is 10.1. The van der Waals surface area contributed by atoms with E-state index in [1.54, 1.807) is 30.3 Å². The van der Waals surface area contributed by atoms with Gasteiger partial charge in [0, 0.05) is 5.02 Å². The van der Waals surface area contributed by atoms with Crippen LogP contribution < -0.4 is 25.0 Å². The fourth-order valence-electron chi connectivity index (χ4n) is 3.82. The van der Waals surface area contributed by atoms with Crippen molar-refractivity contribution in [1.29, 1.82) is 0 Å². The number of amides is 2. The molecule has 8 nitrogen and oxygen atoms in total. The van der Waals surface area contributed by atoms with Crippen LogP contribution in [0.5, 0.6) is 17.2 Å². The molecule has 0 aromatic heterocycles. The van der Waals surface area contributed by atoms with Crippen LogP contribution in [0.25, 0.3) is 0 Å². The molecule has 0 aliphatic heterocycles. The summed E-state index contributed by atoms with van der Waals surface area (Å²) in [5, 5.41) is 7.40. The van der Waals surface area contributed by atoms with Gasteiger partial charge in [-0.1, -0.05) is 55.3 Å². The Morgan fingerprint density at radius 3 is 2.45 bits per heavy atom. The number of halogens is 1. The minimum absolute atomic E-state index is 0.165. The Bertz CT molecular complexity index is 1290. The molecule has 2 amide bonds. The van der Waals surface area contributed by atoms with Crippen LogP contribution in [0, 0.1) is 12.8 Å². The number of nitrogens with one attached hydrogen (secondary N) is 2. The van der Waals surface area contributed by atoms with E-state index in [4.69, 9.17) is 25.8 Å². The first kappa shape index (κ1) is 30.5. The van der Waals surface area contributed by atoms with Crippen LogP contribution >= 0.6 is 11.6 Å². The number of rotatable bonds is 14. The number of hydrazone groups is 1. The van der Waals surface area contributed by atoms with Gasteiger partial charge in [0.05, 0.1) is 12.8 Å². The van der Waals surface area contributed by atoms with Crippen molar-refractivity contribution < 1.29 is 23.8 Å². The summed E-state index contributed by atoms with van der Waals surface area (Å²) in [6.07, 6.45) is 1.96. The Labute approximate surface area is 240 Å². The minimum Gasteiger partial charge on any atom is -0.490 e. The predicted octanol–water partition coefficient (Wildman–Crippen LogP) is 5.69. The lowest BCUT2D eigenvalue weighted by molar-refractivity contribution is -0.130. The van der Waals surface area contributed by atoms with Gasteiger partial charge in [0.2, 0.25) is 0 Å². The Morgan fingerprint density at radius 2 is 1.75 bits per heavy atom. The highest BCUT2D eigenvalue weighted by atomic mass is 35.5. The van der Waals surface area contributed by atoms with Crippen LogP contribution in [0.2, 0.25) is 5.02 Å². The van der Waals surface area contributed by atoms with E-state index in [2.05, 4.69) is 21.9 Å². The Balaban J connectivity index is 1.58. The maximum absolute atomic E-state index is 12.8. The third kappa shape index (κ3) is 10.3. The summed E-state index contributed by atoms with van der Waals surface area (Å²) in [6, 6.07) is 19.5. The molecule has 212 valence electrons. The zero-order valence-electron chi connectivity index (χ0n) is 23.3. The molecule has 0 fully saturated rings. The summed E-state index contributed by atoms with van der Waals surface area (Å²) in [4.78, 5) is 25.3. The zero-order valence-corrected chi connectivity index (χ0v) is 24.0. The van der Waals surface area contributed by atoms with Gasteiger partial charge in [-0.3, -0.25) is 9.59 Å². The van der Waals surface area contributed by atoms with Gasteiger partial charge in [-0.25, -0.2) is 5.43 Å². The Kier molecular flexibility index (Phi) is 11.8. The van der Waals surface area contributed by atoms with E-state index in [1.165, 1.54) is 11.8 Å². The van der Waals surface area contributed by atoms with Crippen LogP contribution in [-0.2, 0) is 16.2 Å². The van der Waals surface area contributed by atoms with E-state index in [1.807, 2.05) is 58.0 Å². The Morgan fingerprint density at radius 1 is 0.975 bits per heavy atom. The first-order valence-corrected chi connectivity index (χ1v) is 13.6. The fraction of sp³-hybridized carbons (Fsp3) is 0.323. The first-order valence-electron chi connectivity index (χ1n) is 13.2. The second-order valence-electron chi connectivity index (χ2n) is 9.64. The van der Waals surface area contributed by atoms with Gasteiger partial charge in [-0.2, -0.15) is 5.10 Å². The molecular formula is C31H36ClN3O5. The highest BCUT2D eigenvalue weighted by Gasteiger charge is 2.22. The Hall–Kier alpha value is -4.04. The van der Waals surface area contributed by atoms with Crippen molar-refractivity contribution in [2.24, 2.45) is 11.0 Å². The molecule has 9 heteroatoms. The van der Waals surface area contributed by atoms with E-state index >= 15 is 0 Å². The van der Waals surface area contributed by atoms with E-state index < -0.39 is 17.9 Å². The SMILES string of the molecule is CCOc1cc(/C=N\NC(=O)[C@H](CC(C)C)NC(=O)COc2ccc(Cl)cc2)ccc1OCc1cccc(C)c1. The van der Waals surface area contributed by atoms with Crippen molar-refractivity contribution in [2.45, 2.75) is 46.8 Å². The molecule has 3 aromatic rings. The topological polar surface area (TPSA) is 98.2 Å². The normalized spacial score (nSPS) is 11.8. The molecule has 0 heterocycles. The van der Waals surface area contributed by atoms with E-state index in [0.29, 0.717) is 47.5 Å². The summed E-state index contributed by atoms with van der Waals surface area (Å²) < 4.78 is 17.2. The van der Waals surface area contributed by atoms with Gasteiger partial charge in [-0.15, -0.1) is 0 Å². The molecule has 0 aliphatic carbocycles. The third-order valence-electron chi connectivity index (χ3n) is 5.68. The van der Waals surface area contributed by atoms with E-state index in [-0.39, 0.29) is 12.5 Å². The molecular weight excluding hydrogens is 530 g/mol. The van der Waals surface area contributed by atoms with Crippen LogP contribution in [-0.4, -0.2) is 37.3 Å². The summed E-state index contributed by atoms with van der Waals surface area (Å²) in [7, 11) is 0. The van der Waals surface area contributed by atoms with Crippen LogP contribution in [0.3, 0.4) is 0 Å². The average Bonchev–Trinajstić information content (AvgIpc) is 2.92. The molecule has 0 aliphatic rings. The predicted molar refractivity (Wildman–Crippen MR) is 157 cm³/mol. The number of hydrogen-bond acceptors (Lipinski definition) is 6. The van der Waals surface area contributed by atoms with Crippen LogP contribution in [0.1, 0.15) is 43.9 Å². The molecule has 0 saturated carbocycles. The number of ether oxygens (including phenoxy) is 3. The van der Waals surface area contributed by atoms with Crippen molar-refractivity contribution in [3.05, 3.63) is 88.4 Å². The van der Waals surface area contributed by atoms with Crippen molar-refractivity contribution >= 4 is 29.6 Å². The van der Waals surface area contributed by atoms with Gasteiger partial charge in [0.15, 0.2) is 18.1 Å². The fourth-order valence-corrected chi connectivity index (χ4v) is 3.95. The van der Waals surface area contributed by atoms with Crippen molar-refractivity contribution in [1.82, 2.24) is 10.7 Å². The van der Waals surface area contributed by atoms with Crippen LogP contribution in [0.4, 0.5) is 0 Å². The third-order valence-corrected chi connectivity index (χ3v) is 5.93. The lowest BCUT2D eigenvalue weighted by Crippen LogP contribution is -2.47. The first-order chi connectivity index (χ1) is 19.2. The molecule has 3 rings (SSSR count). The zero-order chi connectivity index (χ0) is 28.9. The van der Waals surface area contributed by atoms with Crippen LogP contribution in [0.15, 0.2) is 71.8 Å². The molecule has 0 radical (unpaired) electrons. The standard InChI is InChI=1S/C31H36ClN3O5/c1-5-38-29-17-23(9-14-28(29)40-19-24-8-6-7-22(4)16-24)18-33-35-31(37)27(15-21(2)3)34-30(36)20-39-26-12-10-25(32)11-13-26/h6-14,16-18,21,27H,5,15,19-20H2,1-4H3,(H,34,36)(H,35,37)/b33-18-/t27-/m0/s1. The molecule has 0 bridgehead atoms. The van der Waals surface area contributed by atoms with E-state index in [0.717, 1.165) is 5.56 Å². The minimum atomic E-state index is -0.769. The van der Waals surface area contributed by atoms with E-state index in [9.17, 15) is 9.59 Å². The van der Waals surface area contributed by atoms with Gasteiger partial charge in [0.25, 0.3) is 11.8 Å². The molecule has 40 heavy (non-hydrogen) atoms. The lowest BCUT2D eigenvalue weighted by Gasteiger charge is -2.19. The number of benzene rings is 3. The van der Waals surface area contributed by atoms with Gasteiger partial charge in [0.1, 0.15) is 18.4 Å². The monoisotopic (exact) mass is 565 g/mol. The van der Waals surface area contributed by atoms with Gasteiger partial charge in [-0.05, 0) is 79.8 Å². The maximum Gasteiger partial charge on any atom is 0.262 e. The van der Waals surface area contributed by atoms with Gasteiger partial charge >= 0.3 is 0 Å². The summed E-state index contributed by atoms with van der Waals surface area (Å²) >= 11 is 5.87. The quantitative estimate of drug-likeness (QED) is 0.193. The maximum atomic E-state index is 12.8. The highest BCUT2D eigenvalue weighted by molar-refractivity contribution is 6.30. The summed E-state index contributed by atoms with van der Waals surface area (Å²) in [5.74, 6) is 1.03. The summed E-state index contributed by atoms with van der Waals surface area (Å²) in [6.45, 7) is 8.53. The largest absolute Gasteiger partial charge is 0.490 e. The summed E-state index contributed by atoms with van der Waals surface area (Å²) in [5.41, 5.74) is 5.48. The molecule has 3 aromatic carbocycles. The average molecular weight is 566 g/mol. The van der Waals surface area contributed by atoms with Gasteiger partial charge < -0.3 is 19.5 Å². The molecule has 1 atom stereocenters. The second kappa shape index (κ2) is 15.5. The number of carbonyl (C=O) groups excluding carboxylic acids is 2. The van der Waals surface area contributed by atoms with Crippen molar-refractivity contribution in [2.75, 3.05) is 13.2 Å².